The van der Waals surface area contributed by atoms with Gasteiger partial charge < -0.3 is 10.7 Å². The van der Waals surface area contributed by atoms with Gasteiger partial charge in [-0.05, 0) is 57.4 Å². The van der Waals surface area contributed by atoms with Gasteiger partial charge in [0.1, 0.15) is 0 Å². The molecule has 0 saturated carbocycles. The summed E-state index contributed by atoms with van der Waals surface area (Å²) < 4.78 is 1.64. The Hall–Kier alpha value is -2.75. The van der Waals surface area contributed by atoms with Crippen molar-refractivity contribution in [1.29, 1.82) is 5.26 Å². The van der Waals surface area contributed by atoms with E-state index in [0.717, 1.165) is 12.8 Å². The molecule has 2 rings (SSSR count). The summed E-state index contributed by atoms with van der Waals surface area (Å²) in [6, 6.07) is 17.3. The van der Waals surface area contributed by atoms with E-state index in [0.29, 0.717) is 23.4 Å². The SMILES string of the molecule is C=C.CC(C)(C)N(S)Nc1ccc(C#N)cc1C(=O)NCCCc1ccccc1. The lowest BCUT2D eigenvalue weighted by atomic mass is 10.1. The summed E-state index contributed by atoms with van der Waals surface area (Å²) in [6.07, 6.45) is 1.75. The molecule has 0 saturated heterocycles. The molecule has 0 bridgehead atoms. The highest BCUT2D eigenvalue weighted by Crippen LogP contribution is 2.23. The number of rotatable bonds is 7. The maximum absolute atomic E-state index is 12.7. The molecule has 5 nitrogen and oxygen atoms in total. The van der Waals surface area contributed by atoms with Gasteiger partial charge in [-0.25, -0.2) is 0 Å². The lowest BCUT2D eigenvalue weighted by Crippen LogP contribution is -2.39. The molecule has 2 aromatic carbocycles. The molecule has 0 atom stereocenters. The fraction of sp³-hybridized carbons (Fsp3) is 0.304. The number of anilines is 1. The largest absolute Gasteiger partial charge is 0.352 e. The average molecular weight is 411 g/mol. The summed E-state index contributed by atoms with van der Waals surface area (Å²) in [6.45, 7) is 12.6. The predicted octanol–water partition coefficient (Wildman–Crippen LogP) is 5.00. The van der Waals surface area contributed by atoms with Crippen molar-refractivity contribution in [2.75, 3.05) is 12.0 Å². The maximum Gasteiger partial charge on any atom is 0.253 e. The first-order chi connectivity index (χ1) is 13.8. The number of aryl methyl sites for hydroxylation is 1. The second-order valence-electron chi connectivity index (χ2n) is 7.31. The van der Waals surface area contributed by atoms with Gasteiger partial charge in [0.05, 0.1) is 22.9 Å². The molecule has 6 heteroatoms. The molecule has 2 N–H and O–H groups in total. The van der Waals surface area contributed by atoms with Crippen molar-refractivity contribution >= 4 is 24.4 Å². The van der Waals surface area contributed by atoms with E-state index in [4.69, 9.17) is 5.26 Å². The first kappa shape index (κ1) is 24.3. The van der Waals surface area contributed by atoms with Crippen molar-refractivity contribution < 1.29 is 4.79 Å². The minimum absolute atomic E-state index is 0.210. The molecule has 0 aliphatic rings. The van der Waals surface area contributed by atoms with Gasteiger partial charge in [0.25, 0.3) is 5.91 Å². The summed E-state index contributed by atoms with van der Waals surface area (Å²) in [4.78, 5) is 12.7. The van der Waals surface area contributed by atoms with Crippen LogP contribution in [-0.2, 0) is 6.42 Å². The summed E-state index contributed by atoms with van der Waals surface area (Å²) in [5.41, 5.74) is 5.60. The molecular weight excluding hydrogens is 380 g/mol. The normalized spacial score (nSPS) is 10.5. The van der Waals surface area contributed by atoms with E-state index in [1.165, 1.54) is 5.56 Å². The Kier molecular flexibility index (Phi) is 10.0. The van der Waals surface area contributed by atoms with Crippen molar-refractivity contribution in [3.05, 3.63) is 78.4 Å². The number of benzene rings is 2. The second kappa shape index (κ2) is 11.9. The molecule has 0 aliphatic carbocycles. The van der Waals surface area contributed by atoms with E-state index in [9.17, 15) is 4.79 Å². The van der Waals surface area contributed by atoms with Crippen LogP contribution >= 0.6 is 12.8 Å². The van der Waals surface area contributed by atoms with Gasteiger partial charge in [0.2, 0.25) is 0 Å². The lowest BCUT2D eigenvalue weighted by Gasteiger charge is -2.31. The van der Waals surface area contributed by atoms with Gasteiger partial charge in [-0.1, -0.05) is 43.1 Å². The van der Waals surface area contributed by atoms with Gasteiger partial charge in [0, 0.05) is 12.1 Å². The topological polar surface area (TPSA) is 68.2 Å². The number of amides is 1. The minimum Gasteiger partial charge on any atom is -0.352 e. The van der Waals surface area contributed by atoms with Crippen LogP contribution in [0.1, 0.15) is 48.7 Å². The van der Waals surface area contributed by atoms with Crippen molar-refractivity contribution in [2.45, 2.75) is 39.2 Å². The molecule has 0 aromatic heterocycles. The van der Waals surface area contributed by atoms with Gasteiger partial charge in [-0.3, -0.25) is 4.79 Å². The Morgan fingerprint density at radius 3 is 2.41 bits per heavy atom. The average Bonchev–Trinajstić information content (AvgIpc) is 2.72. The third-order valence-electron chi connectivity index (χ3n) is 4.03. The van der Waals surface area contributed by atoms with E-state index in [1.807, 2.05) is 39.0 Å². The number of hydrazine groups is 1. The zero-order valence-corrected chi connectivity index (χ0v) is 18.3. The van der Waals surface area contributed by atoms with Crippen LogP contribution in [0.5, 0.6) is 0 Å². The summed E-state index contributed by atoms with van der Waals surface area (Å²) in [7, 11) is 0. The number of nitriles is 1. The molecule has 1 amide bonds. The zero-order valence-electron chi connectivity index (χ0n) is 17.4. The monoisotopic (exact) mass is 410 g/mol. The third-order valence-corrected chi connectivity index (χ3v) is 4.73. The number of hydrogen-bond donors (Lipinski definition) is 3. The Bertz CT molecular complexity index is 825. The Labute approximate surface area is 179 Å². The summed E-state index contributed by atoms with van der Waals surface area (Å²) in [5.74, 6) is -0.210. The molecule has 0 unspecified atom stereocenters. The maximum atomic E-state index is 12.7. The van der Waals surface area contributed by atoms with Gasteiger partial charge in [0.15, 0.2) is 0 Å². The highest BCUT2D eigenvalue weighted by atomic mass is 32.1. The highest BCUT2D eigenvalue weighted by Gasteiger charge is 2.21. The van der Waals surface area contributed by atoms with Gasteiger partial charge >= 0.3 is 0 Å². The molecule has 154 valence electrons. The van der Waals surface area contributed by atoms with Crippen LogP contribution in [-0.4, -0.2) is 22.4 Å². The molecule has 0 spiro atoms. The van der Waals surface area contributed by atoms with Gasteiger partial charge in [-0.2, -0.15) is 9.68 Å². The highest BCUT2D eigenvalue weighted by molar-refractivity contribution is 7.77. The predicted molar refractivity (Wildman–Crippen MR) is 124 cm³/mol. The van der Waals surface area contributed by atoms with Crippen molar-refractivity contribution in [1.82, 2.24) is 9.73 Å². The van der Waals surface area contributed by atoms with Crippen LogP contribution in [0.25, 0.3) is 0 Å². The minimum atomic E-state index is -0.250. The number of nitrogens with zero attached hydrogens (tertiary/aromatic N) is 2. The number of carbonyl (C=O) groups is 1. The van der Waals surface area contributed by atoms with Crippen LogP contribution in [0.3, 0.4) is 0 Å². The van der Waals surface area contributed by atoms with Crippen molar-refractivity contribution in [3.8, 4) is 6.07 Å². The van der Waals surface area contributed by atoms with Crippen LogP contribution in [0.15, 0.2) is 61.7 Å². The Morgan fingerprint density at radius 2 is 1.83 bits per heavy atom. The van der Waals surface area contributed by atoms with Crippen molar-refractivity contribution in [3.63, 3.8) is 0 Å². The molecule has 0 aliphatic heterocycles. The van der Waals surface area contributed by atoms with Crippen LogP contribution in [0.4, 0.5) is 5.69 Å². The lowest BCUT2D eigenvalue weighted by molar-refractivity contribution is 0.0953. The Balaban J connectivity index is 0.00000204. The van der Waals surface area contributed by atoms with Crippen LogP contribution in [0.2, 0.25) is 0 Å². The number of carbonyl (C=O) groups excluding carboxylic acids is 1. The van der Waals surface area contributed by atoms with E-state index >= 15 is 0 Å². The molecule has 2 aromatic rings. The fourth-order valence-electron chi connectivity index (χ4n) is 2.42. The molecule has 29 heavy (non-hydrogen) atoms. The van der Waals surface area contributed by atoms with E-state index < -0.39 is 0 Å². The quantitative estimate of drug-likeness (QED) is 0.260. The molecule has 0 heterocycles. The number of thiol groups is 1. The molecule has 0 radical (unpaired) electrons. The number of nitrogens with one attached hydrogen (secondary N) is 2. The molecule has 0 fully saturated rings. The van der Waals surface area contributed by atoms with E-state index in [-0.39, 0.29) is 11.4 Å². The third kappa shape index (κ3) is 8.02. The smallest absolute Gasteiger partial charge is 0.253 e. The second-order valence-corrected chi connectivity index (χ2v) is 7.71. The molecular formula is C23H30N4OS. The number of hydrogen-bond acceptors (Lipinski definition) is 5. The first-order valence-corrected chi connectivity index (χ1v) is 9.83. The van der Waals surface area contributed by atoms with Gasteiger partial charge in [-0.15, -0.1) is 13.2 Å². The van der Waals surface area contributed by atoms with Crippen molar-refractivity contribution in [2.24, 2.45) is 0 Å². The standard InChI is InChI=1S/C21H26N4OS.C2H4/c1-21(2,3)25(27)24-19-12-11-17(15-22)14-18(19)20(26)23-13-7-10-16-8-5-4-6-9-16;1-2/h4-6,8-9,11-12,14,24,27H,7,10,13H2,1-3H3,(H,23,26);1-2H2. The summed E-state index contributed by atoms with van der Waals surface area (Å²) >= 11 is 4.44. The van der Waals surface area contributed by atoms with Crippen LogP contribution in [0, 0.1) is 11.3 Å². The van der Waals surface area contributed by atoms with Crippen LogP contribution < -0.4 is 10.7 Å². The van der Waals surface area contributed by atoms with E-state index in [2.05, 4.69) is 54.9 Å². The zero-order chi connectivity index (χ0) is 21.9. The summed E-state index contributed by atoms with van der Waals surface area (Å²) in [5, 5.41) is 12.1. The first-order valence-electron chi connectivity index (χ1n) is 9.43. The van der Waals surface area contributed by atoms with E-state index in [1.54, 1.807) is 22.6 Å². The fourth-order valence-corrected chi connectivity index (χ4v) is 2.52. The Morgan fingerprint density at radius 1 is 1.17 bits per heavy atom.